The zero-order chi connectivity index (χ0) is 19.2. The summed E-state index contributed by atoms with van der Waals surface area (Å²) in [5.41, 5.74) is -1.55. The van der Waals surface area contributed by atoms with Crippen LogP contribution in [0.3, 0.4) is 0 Å². The Morgan fingerprint density at radius 2 is 1.60 bits per heavy atom. The summed E-state index contributed by atoms with van der Waals surface area (Å²) in [4.78, 5) is 26.0. The number of rotatable bonds is 8. The van der Waals surface area contributed by atoms with Gasteiger partial charge in [-0.15, -0.1) is 0 Å². The lowest BCUT2D eigenvalue weighted by Crippen LogP contribution is -2.38. The Labute approximate surface area is 146 Å². The third kappa shape index (κ3) is 7.32. The van der Waals surface area contributed by atoms with E-state index in [0.717, 1.165) is 29.5 Å². The van der Waals surface area contributed by atoms with Crippen molar-refractivity contribution in [2.24, 2.45) is 11.8 Å². The molecule has 0 fully saturated rings. The van der Waals surface area contributed by atoms with Gasteiger partial charge >= 0.3 is 6.18 Å². The molecule has 0 aliphatic heterocycles. The number of hydrogen-bond acceptors (Lipinski definition) is 2. The Morgan fingerprint density at radius 1 is 1.08 bits per heavy atom. The highest BCUT2D eigenvalue weighted by atomic mass is 19.4. The van der Waals surface area contributed by atoms with Gasteiger partial charge in [0.25, 0.3) is 5.56 Å². The maximum Gasteiger partial charge on any atom is 0.417 e. The molecule has 0 N–H and O–H groups in total. The summed E-state index contributed by atoms with van der Waals surface area (Å²) in [6.07, 6.45) is -2.22. The molecule has 0 aliphatic carbocycles. The second-order valence-electron chi connectivity index (χ2n) is 7.13. The fraction of sp³-hybridized carbons (Fsp3) is 0.667. The van der Waals surface area contributed by atoms with Crippen LogP contribution < -0.4 is 5.56 Å². The fourth-order valence-corrected chi connectivity index (χ4v) is 2.26. The van der Waals surface area contributed by atoms with Gasteiger partial charge in [0.1, 0.15) is 6.54 Å². The lowest BCUT2D eigenvalue weighted by molar-refractivity contribution is -0.138. The zero-order valence-electron chi connectivity index (χ0n) is 15.3. The monoisotopic (exact) mass is 360 g/mol. The van der Waals surface area contributed by atoms with Crippen LogP contribution in [-0.2, 0) is 17.5 Å². The van der Waals surface area contributed by atoms with Gasteiger partial charge in [-0.2, -0.15) is 13.2 Å². The molecular weight excluding hydrogens is 333 g/mol. The number of nitrogens with zero attached hydrogens (tertiary/aromatic N) is 2. The van der Waals surface area contributed by atoms with E-state index in [2.05, 4.69) is 0 Å². The van der Waals surface area contributed by atoms with Gasteiger partial charge < -0.3 is 9.47 Å². The predicted molar refractivity (Wildman–Crippen MR) is 91.2 cm³/mol. The number of halogens is 3. The maximum atomic E-state index is 12.8. The van der Waals surface area contributed by atoms with Gasteiger partial charge in [-0.25, -0.2) is 0 Å². The SMILES string of the molecule is CC(C)CCN(CCC(C)C)C(=O)Cn1cc(C(F)(F)F)ccc1=O. The molecule has 4 nitrogen and oxygen atoms in total. The van der Waals surface area contributed by atoms with Gasteiger partial charge in [0.2, 0.25) is 5.91 Å². The summed E-state index contributed by atoms with van der Waals surface area (Å²) in [7, 11) is 0. The van der Waals surface area contributed by atoms with Crippen molar-refractivity contribution < 1.29 is 18.0 Å². The van der Waals surface area contributed by atoms with Crippen molar-refractivity contribution in [2.45, 2.75) is 53.3 Å². The molecule has 0 unspecified atom stereocenters. The molecule has 0 atom stereocenters. The lowest BCUT2D eigenvalue weighted by atomic mass is 10.1. The van der Waals surface area contributed by atoms with E-state index in [1.165, 1.54) is 0 Å². The van der Waals surface area contributed by atoms with Gasteiger partial charge in [0, 0.05) is 25.4 Å². The number of aromatic nitrogens is 1. The first-order valence-electron chi connectivity index (χ1n) is 8.56. The molecule has 1 amide bonds. The second-order valence-corrected chi connectivity index (χ2v) is 7.13. The highest BCUT2D eigenvalue weighted by Gasteiger charge is 2.31. The molecule has 142 valence electrons. The molecule has 1 aromatic rings. The molecule has 7 heteroatoms. The summed E-state index contributed by atoms with van der Waals surface area (Å²) >= 11 is 0. The third-order valence-corrected chi connectivity index (χ3v) is 3.92. The van der Waals surface area contributed by atoms with Crippen LogP contribution in [0.1, 0.15) is 46.1 Å². The summed E-state index contributed by atoms with van der Waals surface area (Å²) < 4.78 is 39.2. The number of carbonyl (C=O) groups excluding carboxylic acids is 1. The normalized spacial score (nSPS) is 12.0. The van der Waals surface area contributed by atoms with Crippen LogP contribution in [0.5, 0.6) is 0 Å². The number of pyridine rings is 1. The zero-order valence-corrected chi connectivity index (χ0v) is 15.3. The molecule has 1 heterocycles. The largest absolute Gasteiger partial charge is 0.417 e. The first-order valence-corrected chi connectivity index (χ1v) is 8.56. The number of alkyl halides is 3. The minimum atomic E-state index is -4.55. The average molecular weight is 360 g/mol. The van der Waals surface area contributed by atoms with E-state index in [4.69, 9.17) is 0 Å². The van der Waals surface area contributed by atoms with Crippen molar-refractivity contribution in [2.75, 3.05) is 13.1 Å². The highest BCUT2D eigenvalue weighted by molar-refractivity contribution is 5.76. The summed E-state index contributed by atoms with van der Waals surface area (Å²) in [5.74, 6) is 0.485. The topological polar surface area (TPSA) is 42.3 Å². The molecule has 25 heavy (non-hydrogen) atoms. The minimum Gasteiger partial charge on any atom is -0.341 e. The van der Waals surface area contributed by atoms with E-state index in [0.29, 0.717) is 31.1 Å². The number of hydrogen-bond donors (Lipinski definition) is 0. The Bertz CT molecular complexity index is 609. The van der Waals surface area contributed by atoms with Crippen molar-refractivity contribution in [1.29, 1.82) is 0 Å². The van der Waals surface area contributed by atoms with Crippen molar-refractivity contribution in [1.82, 2.24) is 9.47 Å². The number of carbonyl (C=O) groups is 1. The molecular formula is C18H27F3N2O2. The van der Waals surface area contributed by atoms with Gasteiger partial charge in [-0.1, -0.05) is 27.7 Å². The standard InChI is InChI=1S/C18H27F3N2O2/c1-13(2)7-9-22(10-8-14(3)4)17(25)12-23-11-15(18(19,20)21)5-6-16(23)24/h5-6,11,13-14H,7-10,12H2,1-4H3. The van der Waals surface area contributed by atoms with E-state index in [9.17, 15) is 22.8 Å². The van der Waals surface area contributed by atoms with Crippen LogP contribution in [0.15, 0.2) is 23.1 Å². The molecule has 0 aromatic carbocycles. The summed E-state index contributed by atoms with van der Waals surface area (Å²) in [6.45, 7) is 8.88. The predicted octanol–water partition coefficient (Wildman–Crippen LogP) is 3.79. The van der Waals surface area contributed by atoms with Crippen molar-refractivity contribution in [3.8, 4) is 0 Å². The lowest BCUT2D eigenvalue weighted by Gasteiger charge is -2.25. The summed E-state index contributed by atoms with van der Waals surface area (Å²) in [6, 6.07) is 1.58. The molecule has 0 radical (unpaired) electrons. The van der Waals surface area contributed by atoms with Crippen molar-refractivity contribution >= 4 is 5.91 Å². The van der Waals surface area contributed by atoms with Crippen LogP contribution in [0.4, 0.5) is 13.2 Å². The number of amides is 1. The minimum absolute atomic E-state index is 0.331. The van der Waals surface area contributed by atoms with Crippen molar-refractivity contribution in [3.63, 3.8) is 0 Å². The highest BCUT2D eigenvalue weighted by Crippen LogP contribution is 2.28. The molecule has 0 bridgehead atoms. The average Bonchev–Trinajstić information content (AvgIpc) is 2.47. The molecule has 0 spiro atoms. The van der Waals surface area contributed by atoms with Crippen LogP contribution in [0.25, 0.3) is 0 Å². The van der Waals surface area contributed by atoms with E-state index in [1.807, 2.05) is 27.7 Å². The van der Waals surface area contributed by atoms with Gasteiger partial charge in [-0.05, 0) is 30.7 Å². The molecule has 0 saturated carbocycles. The first-order chi connectivity index (χ1) is 11.5. The Balaban J connectivity index is 2.92. The third-order valence-electron chi connectivity index (χ3n) is 3.92. The molecule has 0 saturated heterocycles. The second kappa shape index (κ2) is 9.06. The van der Waals surface area contributed by atoms with Crippen LogP contribution in [-0.4, -0.2) is 28.5 Å². The van der Waals surface area contributed by atoms with Crippen LogP contribution in [0.2, 0.25) is 0 Å². The van der Waals surface area contributed by atoms with Crippen molar-refractivity contribution in [3.05, 3.63) is 34.2 Å². The van der Waals surface area contributed by atoms with Crippen LogP contribution >= 0.6 is 0 Å². The fourth-order valence-electron chi connectivity index (χ4n) is 2.26. The quantitative estimate of drug-likeness (QED) is 0.708. The molecule has 0 aliphatic rings. The Hall–Kier alpha value is -1.79. The van der Waals surface area contributed by atoms with Crippen LogP contribution in [0, 0.1) is 11.8 Å². The van der Waals surface area contributed by atoms with Gasteiger partial charge in [0.05, 0.1) is 5.56 Å². The summed E-state index contributed by atoms with van der Waals surface area (Å²) in [5, 5.41) is 0. The first kappa shape index (κ1) is 21.3. The van der Waals surface area contributed by atoms with E-state index in [-0.39, 0.29) is 12.5 Å². The maximum absolute atomic E-state index is 12.8. The van der Waals surface area contributed by atoms with E-state index < -0.39 is 17.3 Å². The van der Waals surface area contributed by atoms with Gasteiger partial charge in [0.15, 0.2) is 0 Å². The Morgan fingerprint density at radius 3 is 2.04 bits per heavy atom. The molecule has 1 rings (SSSR count). The molecule has 1 aromatic heterocycles. The van der Waals surface area contributed by atoms with E-state index in [1.54, 1.807) is 4.90 Å². The smallest absolute Gasteiger partial charge is 0.341 e. The van der Waals surface area contributed by atoms with Gasteiger partial charge in [-0.3, -0.25) is 9.59 Å². The Kier molecular flexibility index (Phi) is 7.70. The van der Waals surface area contributed by atoms with E-state index >= 15 is 0 Å².